The van der Waals surface area contributed by atoms with Gasteiger partial charge in [-0.25, -0.2) is 4.98 Å². The number of hydrogen-bond donors (Lipinski definition) is 2. The van der Waals surface area contributed by atoms with E-state index in [0.717, 1.165) is 10.7 Å². The number of aromatic nitrogens is 2. The van der Waals surface area contributed by atoms with Crippen LogP contribution in [0.4, 0.5) is 0 Å². The van der Waals surface area contributed by atoms with E-state index in [0.29, 0.717) is 17.7 Å². The van der Waals surface area contributed by atoms with E-state index in [1.165, 1.54) is 30.6 Å². The average molecular weight is 370 g/mol. The Hall–Kier alpha value is -2.75. The van der Waals surface area contributed by atoms with Crippen LogP contribution in [0.3, 0.4) is 0 Å². The minimum atomic E-state index is -1.79. The third-order valence-corrected chi connectivity index (χ3v) is 4.52. The highest BCUT2D eigenvalue weighted by atomic mass is 32.1. The zero-order valence-corrected chi connectivity index (χ0v) is 14.6. The van der Waals surface area contributed by atoms with Crippen molar-refractivity contribution in [3.8, 4) is 22.2 Å². The van der Waals surface area contributed by atoms with Gasteiger partial charge in [0, 0.05) is 11.6 Å². The number of methoxy groups -OCH3 is 1. The van der Waals surface area contributed by atoms with Crippen LogP contribution in [0.25, 0.3) is 10.7 Å². The first-order valence-corrected chi connectivity index (χ1v) is 8.52. The Morgan fingerprint density at radius 2 is 2.12 bits per heavy atom. The molecule has 1 aromatic carbocycles. The van der Waals surface area contributed by atoms with E-state index in [1.807, 2.05) is 23.6 Å². The van der Waals surface area contributed by atoms with E-state index < -0.39 is 7.12 Å². The molecule has 3 aromatic rings. The molecule has 26 heavy (non-hydrogen) atoms. The van der Waals surface area contributed by atoms with Crippen LogP contribution in [-0.4, -0.2) is 40.5 Å². The highest BCUT2D eigenvalue weighted by molar-refractivity contribution is 7.13. The van der Waals surface area contributed by atoms with Crippen molar-refractivity contribution in [1.82, 2.24) is 9.97 Å². The zero-order chi connectivity index (χ0) is 18.5. The van der Waals surface area contributed by atoms with Gasteiger partial charge in [0.15, 0.2) is 17.8 Å². The van der Waals surface area contributed by atoms with E-state index in [9.17, 15) is 14.8 Å². The average Bonchev–Trinajstić information content (AvgIpc) is 3.15. The van der Waals surface area contributed by atoms with E-state index in [1.54, 1.807) is 6.20 Å². The maximum atomic E-state index is 11.4. The van der Waals surface area contributed by atoms with Crippen molar-refractivity contribution in [2.24, 2.45) is 0 Å². The fourth-order valence-electron chi connectivity index (χ4n) is 2.38. The molecule has 0 aliphatic carbocycles. The van der Waals surface area contributed by atoms with E-state index in [2.05, 4.69) is 9.97 Å². The molecule has 2 aromatic heterocycles. The van der Waals surface area contributed by atoms with Crippen LogP contribution in [0.2, 0.25) is 0 Å². The second kappa shape index (κ2) is 8.09. The van der Waals surface area contributed by atoms with Crippen molar-refractivity contribution in [2.45, 2.75) is 6.61 Å². The molecule has 0 saturated heterocycles. The van der Waals surface area contributed by atoms with Crippen LogP contribution in [0.15, 0.2) is 41.9 Å². The fraction of sp³-hybridized carbons (Fsp3) is 0.118. The van der Waals surface area contributed by atoms with Gasteiger partial charge in [0.25, 0.3) is 0 Å². The molecule has 0 spiro atoms. The second-order valence-corrected chi connectivity index (χ2v) is 6.10. The smallest absolute Gasteiger partial charge is 0.489 e. The summed E-state index contributed by atoms with van der Waals surface area (Å²) < 4.78 is 10.9. The number of benzene rings is 1. The topological polar surface area (TPSA) is 102 Å². The van der Waals surface area contributed by atoms with Crippen molar-refractivity contribution in [1.29, 1.82) is 0 Å². The number of carbonyl (C=O) groups is 1. The third-order valence-electron chi connectivity index (χ3n) is 3.61. The Labute approximate surface area is 154 Å². The summed E-state index contributed by atoms with van der Waals surface area (Å²) in [5, 5.41) is 21.4. The van der Waals surface area contributed by atoms with Gasteiger partial charge < -0.3 is 19.5 Å². The Morgan fingerprint density at radius 3 is 2.77 bits per heavy atom. The molecule has 7 nitrogen and oxygen atoms in total. The zero-order valence-electron chi connectivity index (χ0n) is 13.8. The summed E-state index contributed by atoms with van der Waals surface area (Å²) in [6, 6.07) is 8.49. The van der Waals surface area contributed by atoms with Gasteiger partial charge in [-0.15, -0.1) is 11.3 Å². The van der Waals surface area contributed by atoms with Crippen molar-refractivity contribution < 1.29 is 24.3 Å². The SMILES string of the molecule is COc1ccc(B(O)O)c(C=O)c1OCc1csc(-c2ccccn2)n1. The van der Waals surface area contributed by atoms with Crippen LogP contribution in [0.1, 0.15) is 16.1 Å². The molecule has 0 saturated carbocycles. The lowest BCUT2D eigenvalue weighted by Crippen LogP contribution is -2.33. The lowest BCUT2D eigenvalue weighted by atomic mass is 9.77. The van der Waals surface area contributed by atoms with Gasteiger partial charge >= 0.3 is 7.12 Å². The van der Waals surface area contributed by atoms with Gasteiger partial charge in [-0.3, -0.25) is 9.78 Å². The van der Waals surface area contributed by atoms with Crippen LogP contribution >= 0.6 is 11.3 Å². The van der Waals surface area contributed by atoms with Gasteiger partial charge in [0.1, 0.15) is 11.6 Å². The fourth-order valence-corrected chi connectivity index (χ4v) is 3.16. The summed E-state index contributed by atoms with van der Waals surface area (Å²) in [7, 11) is -0.355. The first-order valence-electron chi connectivity index (χ1n) is 7.65. The maximum absolute atomic E-state index is 11.4. The number of carbonyl (C=O) groups excluding carboxylic acids is 1. The predicted molar refractivity (Wildman–Crippen MR) is 97.9 cm³/mol. The van der Waals surface area contributed by atoms with E-state index in [4.69, 9.17) is 9.47 Å². The molecular weight excluding hydrogens is 355 g/mol. The van der Waals surface area contributed by atoms with Crippen LogP contribution < -0.4 is 14.9 Å². The number of aldehydes is 1. The molecule has 9 heteroatoms. The molecule has 0 aliphatic rings. The summed E-state index contributed by atoms with van der Waals surface area (Å²) in [6.45, 7) is 0.0888. The number of rotatable bonds is 7. The minimum Gasteiger partial charge on any atom is -0.493 e. The lowest BCUT2D eigenvalue weighted by molar-refractivity contribution is 0.111. The number of nitrogens with zero attached hydrogens (tertiary/aromatic N) is 2. The first kappa shape index (κ1) is 18.1. The van der Waals surface area contributed by atoms with Crippen LogP contribution in [-0.2, 0) is 6.61 Å². The van der Waals surface area contributed by atoms with Gasteiger partial charge in [-0.2, -0.15) is 0 Å². The molecule has 2 N–H and O–H groups in total. The molecular formula is C17H15BN2O5S. The van der Waals surface area contributed by atoms with Crippen molar-refractivity contribution in [3.63, 3.8) is 0 Å². The second-order valence-electron chi connectivity index (χ2n) is 5.24. The Balaban J connectivity index is 1.85. The van der Waals surface area contributed by atoms with E-state index in [-0.39, 0.29) is 23.4 Å². The summed E-state index contributed by atoms with van der Waals surface area (Å²) in [6.07, 6.45) is 2.20. The van der Waals surface area contributed by atoms with Crippen LogP contribution in [0, 0.1) is 0 Å². The Bertz CT molecular complexity index is 901. The number of hydrogen-bond acceptors (Lipinski definition) is 8. The van der Waals surface area contributed by atoms with Gasteiger partial charge in [0.05, 0.1) is 24.1 Å². The summed E-state index contributed by atoms with van der Waals surface area (Å²) in [5.74, 6) is 0.456. The summed E-state index contributed by atoms with van der Waals surface area (Å²) in [5.41, 5.74) is 1.49. The highest BCUT2D eigenvalue weighted by Crippen LogP contribution is 2.30. The normalized spacial score (nSPS) is 10.4. The molecule has 2 heterocycles. The largest absolute Gasteiger partial charge is 0.493 e. The quantitative estimate of drug-likeness (QED) is 0.477. The molecule has 132 valence electrons. The van der Waals surface area contributed by atoms with Crippen molar-refractivity contribution >= 4 is 30.2 Å². The molecule has 0 amide bonds. The lowest BCUT2D eigenvalue weighted by Gasteiger charge is -2.14. The number of ether oxygens (including phenoxy) is 2. The molecule has 0 atom stereocenters. The van der Waals surface area contributed by atoms with Crippen LogP contribution in [0.5, 0.6) is 11.5 Å². The molecule has 0 aliphatic heterocycles. The number of pyridine rings is 1. The monoisotopic (exact) mass is 370 g/mol. The van der Waals surface area contributed by atoms with Crippen molar-refractivity contribution in [2.75, 3.05) is 7.11 Å². The highest BCUT2D eigenvalue weighted by Gasteiger charge is 2.22. The number of thiazole rings is 1. The molecule has 0 fully saturated rings. The third kappa shape index (κ3) is 3.74. The summed E-state index contributed by atoms with van der Waals surface area (Å²) in [4.78, 5) is 20.2. The van der Waals surface area contributed by atoms with E-state index >= 15 is 0 Å². The molecule has 0 radical (unpaired) electrons. The Morgan fingerprint density at radius 1 is 1.27 bits per heavy atom. The van der Waals surface area contributed by atoms with Gasteiger partial charge in [-0.05, 0) is 23.7 Å². The van der Waals surface area contributed by atoms with Crippen molar-refractivity contribution in [3.05, 3.63) is 53.2 Å². The molecule has 3 rings (SSSR count). The van der Waals surface area contributed by atoms with Gasteiger partial charge in [0.2, 0.25) is 0 Å². The van der Waals surface area contributed by atoms with Gasteiger partial charge in [-0.1, -0.05) is 12.1 Å². The Kier molecular flexibility index (Phi) is 5.62. The molecule has 0 unspecified atom stereocenters. The standard InChI is InChI=1S/C17H15BN2O5S/c1-24-15-6-5-13(18(22)23)12(8-21)16(15)25-9-11-10-26-17(20-11)14-4-2-3-7-19-14/h2-8,10,22-23H,9H2,1H3. The first-order chi connectivity index (χ1) is 12.6. The maximum Gasteiger partial charge on any atom is 0.489 e. The molecule has 0 bridgehead atoms. The predicted octanol–water partition coefficient (Wildman–Crippen LogP) is 1.28. The minimum absolute atomic E-state index is 0.0273. The summed E-state index contributed by atoms with van der Waals surface area (Å²) >= 11 is 1.43.